The first kappa shape index (κ1) is 17.8. The van der Waals surface area contributed by atoms with Crippen LogP contribution in [0.4, 0.5) is 18.9 Å². The van der Waals surface area contributed by atoms with Crippen molar-refractivity contribution in [2.45, 2.75) is 26.9 Å². The lowest BCUT2D eigenvalue weighted by atomic mass is 10.0. The number of alkyl halides is 3. The summed E-state index contributed by atoms with van der Waals surface area (Å²) in [5.41, 5.74) is 6.80. The number of anilines is 1. The van der Waals surface area contributed by atoms with Crippen molar-refractivity contribution in [1.82, 2.24) is 4.90 Å². The Morgan fingerprint density at radius 2 is 1.95 bits per heavy atom. The van der Waals surface area contributed by atoms with Crippen LogP contribution in [0.1, 0.15) is 29.8 Å². The Morgan fingerprint density at radius 1 is 1.38 bits per heavy atom. The number of hydrogen-bond donors (Lipinski definition) is 1. The predicted octanol–water partition coefficient (Wildman–Crippen LogP) is 4.00. The van der Waals surface area contributed by atoms with Gasteiger partial charge in [-0.15, -0.1) is 0 Å². The van der Waals surface area contributed by atoms with Crippen LogP contribution in [0.3, 0.4) is 0 Å². The van der Waals surface area contributed by atoms with Crippen molar-refractivity contribution in [3.63, 3.8) is 0 Å². The van der Waals surface area contributed by atoms with Gasteiger partial charge >= 0.3 is 6.18 Å². The molecule has 1 aromatic carbocycles. The minimum absolute atomic E-state index is 0.0319. The maximum absolute atomic E-state index is 12.7. The molecule has 0 aliphatic carbocycles. The molecule has 118 valence electrons. The van der Waals surface area contributed by atoms with Gasteiger partial charge in [0.25, 0.3) is 5.91 Å². The van der Waals surface area contributed by atoms with Gasteiger partial charge in [0.15, 0.2) is 0 Å². The third kappa shape index (κ3) is 5.22. The number of benzene rings is 1. The van der Waals surface area contributed by atoms with E-state index in [0.29, 0.717) is 15.7 Å². The molecule has 2 N–H and O–H groups in total. The lowest BCUT2D eigenvalue weighted by Crippen LogP contribution is -2.41. The summed E-state index contributed by atoms with van der Waals surface area (Å²) < 4.78 is 38.6. The van der Waals surface area contributed by atoms with Crippen molar-refractivity contribution in [3.8, 4) is 0 Å². The van der Waals surface area contributed by atoms with Gasteiger partial charge in [0.2, 0.25) is 0 Å². The molecular formula is C14H18BrF3N2O. The molecule has 3 nitrogen and oxygen atoms in total. The van der Waals surface area contributed by atoms with E-state index in [1.807, 2.05) is 0 Å². The van der Waals surface area contributed by atoms with E-state index in [9.17, 15) is 18.0 Å². The zero-order chi connectivity index (χ0) is 16.4. The Bertz CT molecular complexity index is 530. The van der Waals surface area contributed by atoms with Crippen molar-refractivity contribution in [2.75, 3.05) is 18.8 Å². The molecule has 0 fully saturated rings. The molecule has 0 heterocycles. The molecule has 0 spiro atoms. The smallest absolute Gasteiger partial charge is 0.398 e. The van der Waals surface area contributed by atoms with Crippen LogP contribution in [-0.4, -0.2) is 30.1 Å². The SMILES string of the molecule is Cc1c(N)cc(Br)cc1C(=O)N(CC(C)C)CC(F)(F)F. The number of halogens is 4. The Hall–Kier alpha value is -1.24. The molecule has 0 bridgehead atoms. The fourth-order valence-electron chi connectivity index (χ4n) is 1.97. The summed E-state index contributed by atoms with van der Waals surface area (Å²) in [5, 5.41) is 0. The molecule has 0 saturated carbocycles. The second-order valence-corrected chi connectivity index (χ2v) is 6.28. The monoisotopic (exact) mass is 366 g/mol. The van der Waals surface area contributed by atoms with Crippen molar-refractivity contribution in [1.29, 1.82) is 0 Å². The molecular weight excluding hydrogens is 349 g/mol. The maximum Gasteiger partial charge on any atom is 0.406 e. The third-order valence-corrected chi connectivity index (χ3v) is 3.34. The minimum atomic E-state index is -4.43. The van der Waals surface area contributed by atoms with Crippen LogP contribution >= 0.6 is 15.9 Å². The van der Waals surface area contributed by atoms with Gasteiger partial charge in [-0.1, -0.05) is 29.8 Å². The molecule has 1 aromatic rings. The van der Waals surface area contributed by atoms with E-state index < -0.39 is 18.6 Å². The number of nitrogen functional groups attached to an aromatic ring is 1. The first-order valence-corrected chi connectivity index (χ1v) is 7.22. The van der Waals surface area contributed by atoms with Crippen LogP contribution in [0.15, 0.2) is 16.6 Å². The van der Waals surface area contributed by atoms with Gasteiger partial charge in [-0.05, 0) is 30.5 Å². The number of amides is 1. The Kier molecular flexibility index (Phi) is 5.67. The molecule has 7 heteroatoms. The van der Waals surface area contributed by atoms with E-state index in [4.69, 9.17) is 5.73 Å². The lowest BCUT2D eigenvalue weighted by molar-refractivity contribution is -0.141. The number of nitrogens with two attached hydrogens (primary N) is 1. The van der Waals surface area contributed by atoms with Crippen LogP contribution in [0.25, 0.3) is 0 Å². The highest BCUT2D eigenvalue weighted by Gasteiger charge is 2.34. The zero-order valence-electron chi connectivity index (χ0n) is 12.1. The average molecular weight is 367 g/mol. The number of rotatable bonds is 4. The molecule has 0 radical (unpaired) electrons. The summed E-state index contributed by atoms with van der Waals surface area (Å²) in [7, 11) is 0. The fourth-order valence-corrected chi connectivity index (χ4v) is 2.44. The van der Waals surface area contributed by atoms with Gasteiger partial charge in [-0.25, -0.2) is 0 Å². The van der Waals surface area contributed by atoms with Crippen LogP contribution in [-0.2, 0) is 0 Å². The van der Waals surface area contributed by atoms with E-state index in [-0.39, 0.29) is 18.0 Å². The number of carbonyl (C=O) groups excluding carboxylic acids is 1. The van der Waals surface area contributed by atoms with Crippen LogP contribution in [0.2, 0.25) is 0 Å². The van der Waals surface area contributed by atoms with E-state index in [1.165, 1.54) is 6.07 Å². The quantitative estimate of drug-likeness (QED) is 0.818. The van der Waals surface area contributed by atoms with Crippen molar-refractivity contribution in [2.24, 2.45) is 5.92 Å². The summed E-state index contributed by atoms with van der Waals surface area (Å²) in [6, 6.07) is 3.11. The lowest BCUT2D eigenvalue weighted by Gasteiger charge is -2.26. The molecule has 0 saturated heterocycles. The van der Waals surface area contributed by atoms with E-state index in [2.05, 4.69) is 15.9 Å². The van der Waals surface area contributed by atoms with E-state index in [1.54, 1.807) is 26.8 Å². The summed E-state index contributed by atoms with van der Waals surface area (Å²) >= 11 is 3.20. The first-order chi connectivity index (χ1) is 9.51. The Morgan fingerprint density at radius 3 is 2.43 bits per heavy atom. The number of nitrogens with zero attached hydrogens (tertiary/aromatic N) is 1. The van der Waals surface area contributed by atoms with Gasteiger partial charge in [-0.2, -0.15) is 13.2 Å². The highest BCUT2D eigenvalue weighted by atomic mass is 79.9. The average Bonchev–Trinajstić information content (AvgIpc) is 2.29. The topological polar surface area (TPSA) is 46.3 Å². The molecule has 0 aromatic heterocycles. The minimum Gasteiger partial charge on any atom is -0.398 e. The summed E-state index contributed by atoms with van der Waals surface area (Å²) in [6.07, 6.45) is -4.43. The second kappa shape index (κ2) is 6.68. The molecule has 21 heavy (non-hydrogen) atoms. The number of carbonyl (C=O) groups is 1. The van der Waals surface area contributed by atoms with Crippen LogP contribution in [0, 0.1) is 12.8 Å². The Balaban J connectivity index is 3.16. The van der Waals surface area contributed by atoms with Crippen molar-refractivity contribution in [3.05, 3.63) is 27.7 Å². The largest absolute Gasteiger partial charge is 0.406 e. The van der Waals surface area contributed by atoms with Gasteiger partial charge in [-0.3, -0.25) is 4.79 Å². The van der Waals surface area contributed by atoms with Crippen molar-refractivity contribution < 1.29 is 18.0 Å². The third-order valence-electron chi connectivity index (χ3n) is 2.89. The molecule has 1 amide bonds. The first-order valence-electron chi connectivity index (χ1n) is 6.43. The van der Waals surface area contributed by atoms with Gasteiger partial charge in [0.05, 0.1) is 0 Å². The molecule has 0 aliphatic heterocycles. The fraction of sp³-hybridized carbons (Fsp3) is 0.500. The van der Waals surface area contributed by atoms with Gasteiger partial charge in [0, 0.05) is 22.3 Å². The zero-order valence-corrected chi connectivity index (χ0v) is 13.7. The summed E-state index contributed by atoms with van der Waals surface area (Å²) in [5.74, 6) is -0.729. The van der Waals surface area contributed by atoms with Gasteiger partial charge < -0.3 is 10.6 Å². The molecule has 0 unspecified atom stereocenters. The van der Waals surface area contributed by atoms with E-state index >= 15 is 0 Å². The second-order valence-electron chi connectivity index (χ2n) is 5.36. The molecule has 0 aliphatic rings. The predicted molar refractivity (Wildman–Crippen MR) is 80.1 cm³/mol. The van der Waals surface area contributed by atoms with E-state index in [0.717, 1.165) is 4.90 Å². The highest BCUT2D eigenvalue weighted by Crippen LogP contribution is 2.26. The normalized spacial score (nSPS) is 11.8. The number of hydrogen-bond acceptors (Lipinski definition) is 2. The Labute approximate surface area is 130 Å². The molecule has 0 atom stereocenters. The summed E-state index contributed by atoms with van der Waals surface area (Å²) in [6.45, 7) is 3.91. The maximum atomic E-state index is 12.7. The highest BCUT2D eigenvalue weighted by molar-refractivity contribution is 9.10. The summed E-state index contributed by atoms with van der Waals surface area (Å²) in [4.78, 5) is 13.3. The van der Waals surface area contributed by atoms with Crippen LogP contribution in [0.5, 0.6) is 0 Å². The van der Waals surface area contributed by atoms with Crippen molar-refractivity contribution >= 4 is 27.5 Å². The standard InChI is InChI=1S/C14H18BrF3N2O/c1-8(2)6-20(7-14(16,17)18)13(21)11-4-10(15)5-12(19)9(11)3/h4-5,8H,6-7,19H2,1-3H3. The van der Waals surface area contributed by atoms with Crippen LogP contribution < -0.4 is 5.73 Å². The molecule has 1 rings (SSSR count). The van der Waals surface area contributed by atoms with Gasteiger partial charge in [0.1, 0.15) is 6.54 Å².